The van der Waals surface area contributed by atoms with Crippen LogP contribution in [0.2, 0.25) is 0 Å². The molecule has 2 saturated carbocycles. The maximum Gasteiger partial charge on any atom is 0.322 e. The second-order valence-electron chi connectivity index (χ2n) is 7.44. The molecule has 122 valence electrons. The Bertz CT molecular complexity index is 432. The zero-order chi connectivity index (χ0) is 16.1. The summed E-state index contributed by atoms with van der Waals surface area (Å²) in [6.07, 6.45) is 1.15. The molecule has 5 unspecified atom stereocenters. The van der Waals surface area contributed by atoms with Crippen molar-refractivity contribution in [1.29, 1.82) is 0 Å². The Morgan fingerprint density at radius 2 is 1.95 bits per heavy atom. The first-order valence-corrected chi connectivity index (χ1v) is 8.54. The zero-order valence-electron chi connectivity index (χ0n) is 12.9. The molecule has 0 radical (unpaired) electrons. The summed E-state index contributed by atoms with van der Waals surface area (Å²) >= 11 is 2.06. The molecular weight excluding hydrogens is 387 g/mol. The number of halogens is 1. The molecule has 2 fully saturated rings. The number of hydrogen-bond donors (Lipinski definition) is 3. The molecule has 6 heteroatoms. The predicted octanol–water partition coefficient (Wildman–Crippen LogP) is 1.69. The van der Waals surface area contributed by atoms with Crippen LogP contribution in [0.4, 0.5) is 0 Å². The van der Waals surface area contributed by atoms with Gasteiger partial charge in [-0.3, -0.25) is 4.79 Å². The van der Waals surface area contributed by atoms with E-state index in [1.54, 1.807) is 13.8 Å². The summed E-state index contributed by atoms with van der Waals surface area (Å²) < 4.78 is 5.11. The van der Waals surface area contributed by atoms with Gasteiger partial charge in [-0.15, -0.1) is 0 Å². The van der Waals surface area contributed by atoms with Crippen molar-refractivity contribution in [3.8, 4) is 0 Å². The summed E-state index contributed by atoms with van der Waals surface area (Å²) in [6, 6.07) is 0. The molecule has 2 aliphatic carbocycles. The third kappa shape index (κ3) is 3.71. The molecule has 5 atom stereocenters. The Labute approximate surface area is 139 Å². The fourth-order valence-corrected chi connectivity index (χ4v) is 4.09. The minimum atomic E-state index is -1.17. The van der Waals surface area contributed by atoms with Gasteiger partial charge in [0.15, 0.2) is 0 Å². The highest BCUT2D eigenvalue weighted by Gasteiger charge is 2.59. The minimum Gasteiger partial charge on any atom is -0.458 e. The Balaban J connectivity index is 2.27. The van der Waals surface area contributed by atoms with Crippen LogP contribution in [-0.4, -0.2) is 47.6 Å². The van der Waals surface area contributed by atoms with Gasteiger partial charge < -0.3 is 20.1 Å². The lowest BCUT2D eigenvalue weighted by atomic mass is 9.60. The molecule has 2 bridgehead atoms. The SMILES string of the molecule is CCC(C)(I)C(=O)OC12CC(O)CC(O)(CC(C)(O)C1)C2. The lowest BCUT2D eigenvalue weighted by Gasteiger charge is -2.55. The third-order valence-electron chi connectivity index (χ3n) is 4.69. The van der Waals surface area contributed by atoms with Crippen molar-refractivity contribution in [2.24, 2.45) is 0 Å². The highest BCUT2D eigenvalue weighted by molar-refractivity contribution is 14.1. The van der Waals surface area contributed by atoms with Crippen molar-refractivity contribution < 1.29 is 24.9 Å². The van der Waals surface area contributed by atoms with Crippen LogP contribution in [0.15, 0.2) is 0 Å². The van der Waals surface area contributed by atoms with E-state index >= 15 is 0 Å². The van der Waals surface area contributed by atoms with E-state index in [1.165, 1.54) is 0 Å². The van der Waals surface area contributed by atoms with E-state index < -0.39 is 26.3 Å². The molecule has 2 aliphatic rings. The van der Waals surface area contributed by atoms with Gasteiger partial charge in [-0.2, -0.15) is 0 Å². The highest BCUT2D eigenvalue weighted by Crippen LogP contribution is 2.51. The molecule has 5 nitrogen and oxygen atoms in total. The van der Waals surface area contributed by atoms with Crippen LogP contribution in [-0.2, 0) is 9.53 Å². The van der Waals surface area contributed by atoms with Gasteiger partial charge in [0.05, 0.1) is 17.3 Å². The maximum atomic E-state index is 12.4. The third-order valence-corrected chi connectivity index (χ3v) is 5.89. The van der Waals surface area contributed by atoms with E-state index in [9.17, 15) is 20.1 Å². The monoisotopic (exact) mass is 412 g/mol. The molecular formula is C15H25IO5. The Morgan fingerprint density at radius 3 is 2.52 bits per heavy atom. The van der Waals surface area contributed by atoms with Gasteiger partial charge >= 0.3 is 5.97 Å². The standard InChI is InChI=1S/C15H25IO5/c1-4-13(3,16)11(18)21-15-6-10(17)5-14(20,9-15)7-12(2,19)8-15/h10,17,19-20H,4-9H2,1-3H3. The van der Waals surface area contributed by atoms with E-state index in [4.69, 9.17) is 4.74 Å². The lowest BCUT2D eigenvalue weighted by molar-refractivity contribution is -0.231. The number of rotatable bonds is 3. The van der Waals surface area contributed by atoms with E-state index in [2.05, 4.69) is 22.6 Å². The van der Waals surface area contributed by atoms with Crippen LogP contribution in [0.3, 0.4) is 0 Å². The van der Waals surface area contributed by atoms with Crippen molar-refractivity contribution >= 4 is 28.6 Å². The van der Waals surface area contributed by atoms with Gasteiger partial charge in [0.2, 0.25) is 0 Å². The molecule has 0 aromatic rings. The van der Waals surface area contributed by atoms with E-state index in [0.717, 1.165) is 0 Å². The Morgan fingerprint density at radius 1 is 1.33 bits per heavy atom. The zero-order valence-corrected chi connectivity index (χ0v) is 15.0. The molecule has 2 rings (SSSR count). The van der Waals surface area contributed by atoms with E-state index in [-0.39, 0.29) is 38.1 Å². The van der Waals surface area contributed by atoms with Gasteiger partial charge in [0, 0.05) is 32.1 Å². The van der Waals surface area contributed by atoms with Crippen LogP contribution in [0.5, 0.6) is 0 Å². The van der Waals surface area contributed by atoms with Crippen LogP contribution < -0.4 is 0 Å². The van der Waals surface area contributed by atoms with Crippen molar-refractivity contribution in [2.45, 2.75) is 85.6 Å². The second kappa shape index (κ2) is 5.32. The van der Waals surface area contributed by atoms with E-state index in [1.807, 2.05) is 6.92 Å². The van der Waals surface area contributed by atoms with Crippen molar-refractivity contribution in [2.75, 3.05) is 0 Å². The average Bonchev–Trinajstić information content (AvgIpc) is 2.22. The number of ether oxygens (including phenoxy) is 1. The first-order valence-electron chi connectivity index (χ1n) is 7.46. The number of aliphatic hydroxyl groups is 3. The number of hydrogen-bond acceptors (Lipinski definition) is 5. The minimum absolute atomic E-state index is 0.200. The normalized spacial score (nSPS) is 45.8. The number of fused-ring (bicyclic) bond motifs is 2. The number of carbonyl (C=O) groups is 1. The first kappa shape index (κ1) is 17.4. The summed E-state index contributed by atoms with van der Waals surface area (Å²) in [7, 11) is 0. The number of aliphatic hydroxyl groups excluding tert-OH is 1. The van der Waals surface area contributed by atoms with Gasteiger partial charge in [-0.1, -0.05) is 29.5 Å². The first-order chi connectivity index (χ1) is 9.41. The molecule has 21 heavy (non-hydrogen) atoms. The topological polar surface area (TPSA) is 87.0 Å². The molecule has 0 spiro atoms. The van der Waals surface area contributed by atoms with E-state index in [0.29, 0.717) is 6.42 Å². The Kier molecular flexibility index (Phi) is 4.41. The van der Waals surface area contributed by atoms with Crippen molar-refractivity contribution in [1.82, 2.24) is 0 Å². The largest absolute Gasteiger partial charge is 0.458 e. The molecule has 0 aliphatic heterocycles. The summed E-state index contributed by atoms with van der Waals surface area (Å²) in [5, 5.41) is 31.1. The van der Waals surface area contributed by atoms with Crippen LogP contribution >= 0.6 is 22.6 Å². The maximum absolute atomic E-state index is 12.4. The highest BCUT2D eigenvalue weighted by atomic mass is 127. The van der Waals surface area contributed by atoms with Gasteiger partial charge in [-0.25, -0.2) is 0 Å². The van der Waals surface area contributed by atoms with Gasteiger partial charge in [0.25, 0.3) is 0 Å². The summed E-state index contributed by atoms with van der Waals surface area (Å²) in [5.74, 6) is -0.347. The quantitative estimate of drug-likeness (QED) is 0.373. The van der Waals surface area contributed by atoms with Gasteiger partial charge in [-0.05, 0) is 20.3 Å². The fraction of sp³-hybridized carbons (Fsp3) is 0.933. The molecule has 3 N–H and O–H groups in total. The molecule has 0 aromatic heterocycles. The number of alkyl halides is 1. The van der Waals surface area contributed by atoms with Crippen LogP contribution in [0, 0.1) is 0 Å². The Hall–Kier alpha value is 0.0800. The summed E-state index contributed by atoms with van der Waals surface area (Å²) in [4.78, 5) is 12.4. The molecule has 0 saturated heterocycles. The summed E-state index contributed by atoms with van der Waals surface area (Å²) in [6.45, 7) is 5.37. The smallest absolute Gasteiger partial charge is 0.322 e. The lowest BCUT2D eigenvalue weighted by Crippen LogP contribution is -2.62. The number of carbonyl (C=O) groups excluding carboxylic acids is 1. The fourth-order valence-electron chi connectivity index (χ4n) is 3.98. The van der Waals surface area contributed by atoms with Crippen molar-refractivity contribution in [3.63, 3.8) is 0 Å². The average molecular weight is 412 g/mol. The van der Waals surface area contributed by atoms with Crippen molar-refractivity contribution in [3.05, 3.63) is 0 Å². The van der Waals surface area contributed by atoms with Crippen LogP contribution in [0.25, 0.3) is 0 Å². The molecule has 0 amide bonds. The second-order valence-corrected chi connectivity index (χ2v) is 9.82. The number of esters is 1. The molecule has 0 heterocycles. The molecule has 0 aromatic carbocycles. The predicted molar refractivity (Wildman–Crippen MR) is 86.2 cm³/mol. The van der Waals surface area contributed by atoms with Gasteiger partial charge in [0.1, 0.15) is 9.02 Å². The van der Waals surface area contributed by atoms with Crippen LogP contribution in [0.1, 0.15) is 59.3 Å². The summed E-state index contributed by atoms with van der Waals surface area (Å²) in [5.41, 5.74) is -3.25.